The van der Waals surface area contributed by atoms with Crippen molar-refractivity contribution in [1.82, 2.24) is 83.0 Å². The van der Waals surface area contributed by atoms with Gasteiger partial charge in [0.1, 0.15) is 46.1 Å². The summed E-state index contributed by atoms with van der Waals surface area (Å²) in [5.41, 5.74) is 23.9. The zero-order valence-electron chi connectivity index (χ0n) is 85.6. The summed E-state index contributed by atoms with van der Waals surface area (Å²) in [4.78, 5) is 78.5. The number of rotatable bonds is 35. The lowest BCUT2D eigenvalue weighted by Gasteiger charge is -2.38. The number of carbonyl (C=O) groups excluding carboxylic acids is 4. The largest absolute Gasteiger partial charge is 0.385 e. The van der Waals surface area contributed by atoms with Crippen LogP contribution in [-0.4, -0.2) is 217 Å². The van der Waals surface area contributed by atoms with Gasteiger partial charge in [-0.15, -0.1) is 0 Å². The number of allylic oxidation sites excluding steroid dienone is 1. The molecule has 11 atom stereocenters. The molecule has 0 amide bonds. The van der Waals surface area contributed by atoms with E-state index in [2.05, 4.69) is 94.1 Å². The molecule has 13 heterocycles. The van der Waals surface area contributed by atoms with Crippen molar-refractivity contribution in [2.45, 2.75) is 193 Å². The fourth-order valence-corrected chi connectivity index (χ4v) is 23.9. The summed E-state index contributed by atoms with van der Waals surface area (Å²) in [6.45, 7) is 22.3. The molecule has 3 saturated carbocycles. The van der Waals surface area contributed by atoms with E-state index in [1.54, 1.807) is 53.5 Å². The predicted octanol–water partition coefficient (Wildman–Crippen LogP) is 19.1. The van der Waals surface area contributed by atoms with Crippen molar-refractivity contribution in [2.75, 3.05) is 92.9 Å². The van der Waals surface area contributed by atoms with Gasteiger partial charge in [-0.2, -0.15) is 25.5 Å². The number of carbonyl (C=O) groups is 4. The molecule has 13 aromatic rings. The highest BCUT2D eigenvalue weighted by Crippen LogP contribution is 2.48. The van der Waals surface area contributed by atoms with Gasteiger partial charge in [0.2, 0.25) is 0 Å². The van der Waals surface area contributed by atoms with E-state index in [-0.39, 0.29) is 46.7 Å². The highest BCUT2D eigenvalue weighted by atomic mass is 19.1. The summed E-state index contributed by atoms with van der Waals surface area (Å²) in [7, 11) is 9.15. The van der Waals surface area contributed by atoms with Crippen LogP contribution in [0.4, 0.5) is 8.78 Å². The van der Waals surface area contributed by atoms with E-state index in [1.165, 1.54) is 66.4 Å². The third-order valence-corrected chi connectivity index (χ3v) is 31.5. The SMILES string of the molecule is COCCN1C[C@@H](CC(=O)Cc2cc(-c3cccc4nccn34)nn2C)[C@H](c2ccc(F)c(C)c2)C1.COCC[C@@H]1C[C@@H](CC(=O)Cc2c(C)c(-c3cnn(C)c3)nn2-c2ccccc2)[C@H](c2ccnc(C)c2)C1.Cc1cc([C@@H]2CN(CCOC3CC3)C[C@H]2CC(=O)Cc2c(C)c(-c3cnn(C)c3)nn2-c2ccccc2)ccn1.Cc1cc2c(cc1F)CC1CN(C3CCCCC3CC(=O)CC3=CC=NC3)CC1C2. The van der Waals surface area contributed by atoms with Gasteiger partial charge in [0, 0.05) is 235 Å². The van der Waals surface area contributed by atoms with Crippen LogP contribution in [0.15, 0.2) is 206 Å². The molecule has 0 spiro atoms. The van der Waals surface area contributed by atoms with E-state index in [0.717, 1.165) is 206 Å². The number of nitrogens with zero attached hydrogens (tertiary/aromatic N) is 18. The number of aryl methyl sites for hydroxylation is 7. The molecule has 6 fully saturated rings. The number of aliphatic imine (C=N–C) groups is 1. The second-order valence-corrected chi connectivity index (χ2v) is 42.0. The number of hydrogen-bond donors (Lipinski definition) is 0. The first-order valence-electron chi connectivity index (χ1n) is 52.0. The van der Waals surface area contributed by atoms with E-state index in [1.807, 2.05) is 208 Å². The Balaban J connectivity index is 0.000000127. The summed E-state index contributed by atoms with van der Waals surface area (Å²) in [5.74, 6) is 4.81. The van der Waals surface area contributed by atoms with Gasteiger partial charge in [0.25, 0.3) is 0 Å². The minimum absolute atomic E-state index is 0.0595. The van der Waals surface area contributed by atoms with Gasteiger partial charge in [-0.3, -0.25) is 57.5 Å². The van der Waals surface area contributed by atoms with Crippen LogP contribution in [0.1, 0.15) is 186 Å². The fourth-order valence-electron chi connectivity index (χ4n) is 23.9. The van der Waals surface area contributed by atoms with Crippen LogP contribution in [-0.2, 0) is 86.6 Å². The Hall–Kier alpha value is -12.4. The first kappa shape index (κ1) is 102. The lowest BCUT2D eigenvalue weighted by molar-refractivity contribution is -0.120. The molecule has 4 aliphatic heterocycles. The van der Waals surface area contributed by atoms with Crippen LogP contribution in [0.25, 0.3) is 50.9 Å². The van der Waals surface area contributed by atoms with Gasteiger partial charge >= 0.3 is 0 Å². The number of halogens is 2. The van der Waals surface area contributed by atoms with Gasteiger partial charge in [-0.1, -0.05) is 73.5 Å². The minimum Gasteiger partial charge on any atom is -0.385 e. The maximum absolute atomic E-state index is 14.1. The number of fused-ring (bicyclic) bond motifs is 3. The summed E-state index contributed by atoms with van der Waals surface area (Å²) in [5, 5.41) is 23.3. The third kappa shape index (κ3) is 24.9. The number of Topliss-reactive ketones (excluding diaryl/α,β-unsaturated/α-hetero) is 4. The predicted molar refractivity (Wildman–Crippen MR) is 558 cm³/mol. The molecule has 25 nitrogen and oxygen atoms in total. The second kappa shape index (κ2) is 46.8. The Morgan fingerprint density at radius 2 is 1.06 bits per heavy atom. The number of methoxy groups -OCH3 is 2. The summed E-state index contributed by atoms with van der Waals surface area (Å²) in [6.07, 6.45) is 35.9. The molecule has 0 bridgehead atoms. The number of hydrogen-bond acceptors (Lipinski definition) is 19. The Bertz CT molecular complexity index is 6660. The minimum atomic E-state index is -0.195. The molecular formula is C117H140F2N18O7. The van der Waals surface area contributed by atoms with E-state index < -0.39 is 0 Å². The fraction of sp³-hybridized carbons (Fsp3) is 0.462. The number of benzene rings is 4. The van der Waals surface area contributed by atoms with Crippen molar-refractivity contribution in [2.24, 2.45) is 67.6 Å². The van der Waals surface area contributed by atoms with Crippen LogP contribution < -0.4 is 0 Å². The quantitative estimate of drug-likeness (QED) is 0.0358. The van der Waals surface area contributed by atoms with E-state index in [4.69, 9.17) is 24.4 Å². The van der Waals surface area contributed by atoms with Gasteiger partial charge in [0.15, 0.2) is 0 Å². The zero-order chi connectivity index (χ0) is 100. The summed E-state index contributed by atoms with van der Waals surface area (Å²) >= 11 is 0. The Kier molecular flexibility index (Phi) is 33.0. The van der Waals surface area contributed by atoms with E-state index in [0.29, 0.717) is 123 Å². The lowest BCUT2D eigenvalue weighted by atomic mass is 9.77. The Morgan fingerprint density at radius 3 is 1.63 bits per heavy atom. The molecule has 754 valence electrons. The van der Waals surface area contributed by atoms with Crippen molar-refractivity contribution in [3.63, 3.8) is 0 Å². The zero-order valence-corrected chi connectivity index (χ0v) is 85.6. The first-order chi connectivity index (χ1) is 69.9. The molecule has 4 unspecified atom stereocenters. The molecule has 0 radical (unpaired) electrons. The number of likely N-dealkylation sites (tertiary alicyclic amines) is 3. The summed E-state index contributed by atoms with van der Waals surface area (Å²) in [6, 6.07) is 46.4. The van der Waals surface area contributed by atoms with Crippen LogP contribution in [0.5, 0.6) is 0 Å². The molecule has 4 aromatic carbocycles. The molecule has 3 saturated heterocycles. The van der Waals surface area contributed by atoms with Gasteiger partial charge < -0.3 is 24.0 Å². The standard InChI is InChI=1S/C32H38N6O2.C31H37N5O2.C28H32FN5O2.C26H33FN2O/c1-22-15-24(11-12-33-22)30-21-37(13-14-40-29-9-10-29)20-25(30)16-28(39)17-31-23(2)32(26-18-34-36(3)19-26)35-38(31)27-7-5-4-6-8-27;1-21-14-24(10-12-32-21)29-16-23(11-13-38-4)15-25(29)17-28(37)18-30-22(2)31(26-19-33-35(3)20-26)34-36(30)27-8-6-5-7-9-27;1-19-13-20(7-8-25(19)29)24-18-33(11-12-36-3)17-21(24)14-23(35)15-22-16-26(31-32(22)2)27-5-4-6-28-30-9-10-34(27)28;1-17-8-20-10-22-15-29(16-23(22)11-21(20)13-25(17)27)26-5-3-2-4-19(26)12-24(30)9-18-6-7-28-14-18/h4-8,11-12,15,18-19,25,29-30H,9-10,13-14,16-17,20-21H2,1-3H3;5-10,12,14,19-20,23,25,29H,11,13,15-18H2,1-4H3;4-10,13,16,21,24H,11-12,14-15,17-18H2,1-3H3;6-8,13,19,22-23,26H,2-5,9-12,14-16H2,1H3/t25-,30+;23-,25+,29+;21-,24+;/m111./s1. The number of para-hydroxylation sites is 2. The molecule has 21 rings (SSSR count). The third-order valence-electron chi connectivity index (χ3n) is 31.5. The van der Waals surface area contributed by atoms with Crippen LogP contribution in [0.2, 0.25) is 0 Å². The van der Waals surface area contributed by atoms with Crippen molar-refractivity contribution in [3.8, 4) is 45.3 Å². The van der Waals surface area contributed by atoms with Crippen molar-refractivity contribution in [1.29, 1.82) is 0 Å². The van der Waals surface area contributed by atoms with Gasteiger partial charge in [-0.25, -0.2) is 23.1 Å². The van der Waals surface area contributed by atoms with E-state index in [9.17, 15) is 28.0 Å². The molecule has 9 aromatic heterocycles. The van der Waals surface area contributed by atoms with Crippen molar-refractivity contribution >= 4 is 35.0 Å². The van der Waals surface area contributed by atoms with Crippen molar-refractivity contribution < 1.29 is 42.2 Å². The summed E-state index contributed by atoms with van der Waals surface area (Å²) < 4.78 is 55.8. The number of ketones is 4. The number of pyridine rings is 3. The highest BCUT2D eigenvalue weighted by molar-refractivity contribution is 5.86. The maximum atomic E-state index is 14.1. The number of ether oxygens (including phenoxy) is 3. The average Bonchev–Trinajstić information content (AvgIpc) is 1.62. The maximum Gasteiger partial charge on any atom is 0.139 e. The van der Waals surface area contributed by atoms with Crippen LogP contribution >= 0.6 is 0 Å². The first-order valence-corrected chi connectivity index (χ1v) is 52.0. The average molecular weight is 1950 g/mol. The van der Waals surface area contributed by atoms with Crippen LogP contribution in [0.3, 0.4) is 0 Å². The number of aromatic nitrogens is 14. The molecule has 144 heavy (non-hydrogen) atoms. The normalized spacial score (nSPS) is 21.5. The molecule has 4 aliphatic carbocycles. The second-order valence-electron chi connectivity index (χ2n) is 42.0. The smallest absolute Gasteiger partial charge is 0.139 e. The monoisotopic (exact) mass is 1950 g/mol. The lowest BCUT2D eigenvalue weighted by Crippen LogP contribution is -2.42. The van der Waals surface area contributed by atoms with E-state index >= 15 is 0 Å². The molecule has 0 N–H and O–H groups in total. The molecule has 27 heteroatoms. The topological polar surface area (TPSA) is 250 Å². The highest BCUT2D eigenvalue weighted by Gasteiger charge is 2.44. The van der Waals surface area contributed by atoms with Gasteiger partial charge in [0.05, 0.1) is 78.1 Å². The Morgan fingerprint density at radius 1 is 0.493 bits per heavy atom. The van der Waals surface area contributed by atoms with Crippen molar-refractivity contribution in [3.05, 3.63) is 291 Å². The Labute approximate surface area is 845 Å². The molecule has 8 aliphatic rings. The van der Waals surface area contributed by atoms with Crippen LogP contribution in [0, 0.1) is 94.6 Å². The molecular weight excluding hydrogens is 1810 g/mol. The number of imidazole rings is 1. The van der Waals surface area contributed by atoms with Gasteiger partial charge in [-0.05, 0) is 287 Å².